The zero-order valence-electron chi connectivity index (χ0n) is 16.3. The molecule has 3 heterocycles. The average molecular weight is 408 g/mol. The second kappa shape index (κ2) is 7.46. The van der Waals surface area contributed by atoms with Crippen LogP contribution in [0.25, 0.3) is 0 Å². The van der Waals surface area contributed by atoms with Crippen LogP contribution in [0, 0.1) is 5.92 Å². The Labute approximate surface area is 173 Å². The molecule has 3 aliphatic rings. The highest BCUT2D eigenvalue weighted by atomic mass is 16.7. The van der Waals surface area contributed by atoms with E-state index in [1.807, 2.05) is 12.1 Å². The van der Waals surface area contributed by atoms with Gasteiger partial charge in [-0.1, -0.05) is 12.1 Å². The number of ether oxygens (including phenoxy) is 2. The van der Waals surface area contributed by atoms with Crippen LogP contribution in [0.3, 0.4) is 0 Å². The number of hydrogen-bond acceptors (Lipinski definition) is 5. The minimum absolute atomic E-state index is 0.00862. The van der Waals surface area contributed by atoms with Gasteiger partial charge in [0.1, 0.15) is 0 Å². The Balaban J connectivity index is 1.17. The minimum atomic E-state index is -0.466. The Bertz CT molecular complexity index is 1030. The van der Waals surface area contributed by atoms with Gasteiger partial charge in [0, 0.05) is 30.5 Å². The van der Waals surface area contributed by atoms with E-state index >= 15 is 0 Å². The molecule has 8 heteroatoms. The van der Waals surface area contributed by atoms with Gasteiger partial charge < -0.3 is 19.7 Å². The lowest BCUT2D eigenvalue weighted by atomic mass is 9.96. The molecular weight excluding hydrogens is 386 g/mol. The van der Waals surface area contributed by atoms with Crippen molar-refractivity contribution in [1.82, 2.24) is 0 Å². The predicted molar refractivity (Wildman–Crippen MR) is 108 cm³/mol. The molecule has 0 unspecified atom stereocenters. The third-order valence-corrected chi connectivity index (χ3v) is 5.96. The highest BCUT2D eigenvalue weighted by Gasteiger charge is 2.38. The lowest BCUT2D eigenvalue weighted by molar-refractivity contribution is -0.904. The number of amides is 2. The number of nitrogens with zero attached hydrogens (tertiary/aromatic N) is 1. The summed E-state index contributed by atoms with van der Waals surface area (Å²) in [4.78, 5) is 40.0. The fourth-order valence-corrected chi connectivity index (χ4v) is 4.29. The molecule has 5 rings (SSSR count). The Kier molecular flexibility index (Phi) is 4.63. The zero-order valence-corrected chi connectivity index (χ0v) is 16.3. The van der Waals surface area contributed by atoms with Crippen LogP contribution < -0.4 is 24.6 Å². The van der Waals surface area contributed by atoms with Gasteiger partial charge in [0.2, 0.25) is 12.7 Å². The maximum absolute atomic E-state index is 12.7. The molecule has 3 aliphatic heterocycles. The van der Waals surface area contributed by atoms with E-state index in [4.69, 9.17) is 9.47 Å². The van der Waals surface area contributed by atoms with Crippen LogP contribution >= 0.6 is 0 Å². The quantitative estimate of drug-likeness (QED) is 0.732. The highest BCUT2D eigenvalue weighted by molar-refractivity contribution is 6.52. The fraction of sp³-hybridized carbons (Fsp3) is 0.318. The van der Waals surface area contributed by atoms with Crippen molar-refractivity contribution in [3.8, 4) is 11.5 Å². The molecule has 30 heavy (non-hydrogen) atoms. The number of Topliss-reactive ketones (excluding diaryl/α,β-unsaturated/α-hetero) is 1. The van der Waals surface area contributed by atoms with Crippen molar-refractivity contribution in [3.63, 3.8) is 0 Å². The van der Waals surface area contributed by atoms with Crippen LogP contribution in [0.4, 0.5) is 11.4 Å². The van der Waals surface area contributed by atoms with Gasteiger partial charge in [0.05, 0.1) is 24.3 Å². The van der Waals surface area contributed by atoms with Crippen molar-refractivity contribution in [2.45, 2.75) is 12.8 Å². The Morgan fingerprint density at radius 1 is 1.07 bits per heavy atom. The smallest absolute Gasteiger partial charge is 0.303 e. The number of likely N-dealkylation sites (tertiary alicyclic amines) is 1. The van der Waals surface area contributed by atoms with Crippen LogP contribution in [0.1, 0.15) is 23.2 Å². The number of carbonyl (C=O) groups is 3. The lowest BCUT2D eigenvalue weighted by Crippen LogP contribution is -3.14. The van der Waals surface area contributed by atoms with E-state index in [0.717, 1.165) is 25.9 Å². The Hall–Kier alpha value is -3.39. The monoisotopic (exact) mass is 408 g/mol. The van der Waals surface area contributed by atoms with Crippen molar-refractivity contribution in [2.24, 2.45) is 5.92 Å². The summed E-state index contributed by atoms with van der Waals surface area (Å²) in [6.45, 7) is 2.17. The molecule has 0 radical (unpaired) electrons. The maximum Gasteiger partial charge on any atom is 0.303 e. The molecule has 2 aromatic carbocycles. The Morgan fingerprint density at radius 2 is 1.83 bits per heavy atom. The largest absolute Gasteiger partial charge is 0.454 e. The first kappa shape index (κ1) is 18.6. The number of fused-ring (bicyclic) bond motifs is 2. The van der Waals surface area contributed by atoms with Crippen LogP contribution in [0.2, 0.25) is 0 Å². The number of anilines is 2. The molecule has 0 saturated carbocycles. The number of piperidine rings is 1. The van der Waals surface area contributed by atoms with Crippen LogP contribution in [0.5, 0.6) is 11.5 Å². The first-order valence-corrected chi connectivity index (χ1v) is 10.1. The number of nitrogens with one attached hydrogen (secondary N) is 2. The van der Waals surface area contributed by atoms with Gasteiger partial charge in [0.25, 0.3) is 5.78 Å². The van der Waals surface area contributed by atoms with Crippen molar-refractivity contribution in [3.05, 3.63) is 48.0 Å². The van der Waals surface area contributed by atoms with Crippen molar-refractivity contribution in [1.29, 1.82) is 0 Å². The van der Waals surface area contributed by atoms with Gasteiger partial charge >= 0.3 is 5.91 Å². The number of quaternary nitrogens is 1. The normalized spacial score (nSPS) is 22.2. The van der Waals surface area contributed by atoms with E-state index in [1.54, 1.807) is 35.2 Å². The molecule has 2 amide bonds. The number of para-hydroxylation sites is 1. The SMILES string of the molecule is O=C1C(=O)N(C[NH+]2CCC(C(=O)Nc3ccc4c(c3)OCO4)CC2)c2ccccc21. The fourth-order valence-electron chi connectivity index (χ4n) is 4.29. The maximum atomic E-state index is 12.7. The molecule has 1 fully saturated rings. The molecule has 0 atom stereocenters. The Morgan fingerprint density at radius 3 is 2.67 bits per heavy atom. The molecule has 0 bridgehead atoms. The second-order valence-corrected chi connectivity index (χ2v) is 7.82. The van der Waals surface area contributed by atoms with Gasteiger partial charge in [-0.3, -0.25) is 19.3 Å². The highest BCUT2D eigenvalue weighted by Crippen LogP contribution is 2.34. The first-order valence-electron chi connectivity index (χ1n) is 10.1. The van der Waals surface area contributed by atoms with Crippen LogP contribution in [-0.2, 0) is 9.59 Å². The van der Waals surface area contributed by atoms with E-state index in [9.17, 15) is 14.4 Å². The van der Waals surface area contributed by atoms with E-state index in [2.05, 4.69) is 5.32 Å². The zero-order chi connectivity index (χ0) is 20.7. The molecule has 8 nitrogen and oxygen atoms in total. The average Bonchev–Trinajstić information content (AvgIpc) is 3.33. The van der Waals surface area contributed by atoms with Gasteiger partial charge in [-0.15, -0.1) is 0 Å². The van der Waals surface area contributed by atoms with Gasteiger partial charge in [-0.2, -0.15) is 0 Å². The second-order valence-electron chi connectivity index (χ2n) is 7.82. The third-order valence-electron chi connectivity index (χ3n) is 5.96. The molecule has 0 aliphatic carbocycles. The molecular formula is C22H22N3O5+. The van der Waals surface area contributed by atoms with Crippen molar-refractivity contribution >= 4 is 29.0 Å². The molecule has 0 spiro atoms. The summed E-state index contributed by atoms with van der Waals surface area (Å²) in [6, 6.07) is 12.5. The van der Waals surface area contributed by atoms with Gasteiger partial charge in [-0.05, 0) is 24.3 Å². The standard InChI is InChI=1S/C22H21N3O5/c26-20-16-3-1-2-4-17(16)25(22(20)28)12-24-9-7-14(8-10-24)21(27)23-15-5-6-18-19(11-15)30-13-29-18/h1-6,11,14H,7-10,12-13H2,(H,23,27)/p+1. The summed E-state index contributed by atoms with van der Waals surface area (Å²) < 4.78 is 10.6. The van der Waals surface area contributed by atoms with Crippen molar-refractivity contribution < 1.29 is 28.8 Å². The summed E-state index contributed by atoms with van der Waals surface area (Å²) in [6.07, 6.45) is 1.45. The van der Waals surface area contributed by atoms with Gasteiger partial charge in [-0.25, -0.2) is 0 Å². The molecule has 2 N–H and O–H groups in total. The number of benzene rings is 2. The van der Waals surface area contributed by atoms with E-state index in [1.165, 1.54) is 4.90 Å². The van der Waals surface area contributed by atoms with Crippen molar-refractivity contribution in [2.75, 3.05) is 36.8 Å². The number of rotatable bonds is 4. The van der Waals surface area contributed by atoms with E-state index in [-0.39, 0.29) is 18.6 Å². The summed E-state index contributed by atoms with van der Waals surface area (Å²) in [5.41, 5.74) is 1.85. The van der Waals surface area contributed by atoms with Crippen LogP contribution in [-0.4, -0.2) is 44.1 Å². The molecule has 2 aromatic rings. The van der Waals surface area contributed by atoms with Crippen LogP contribution in [0.15, 0.2) is 42.5 Å². The topological polar surface area (TPSA) is 89.4 Å². The summed E-state index contributed by atoms with van der Waals surface area (Å²) in [5, 5.41) is 2.96. The van der Waals surface area contributed by atoms with Gasteiger partial charge in [0.15, 0.2) is 18.2 Å². The first-order chi connectivity index (χ1) is 14.6. The predicted octanol–water partition coefficient (Wildman–Crippen LogP) is 0.836. The summed E-state index contributed by atoms with van der Waals surface area (Å²) in [5.74, 6) is 0.320. The number of carbonyl (C=O) groups excluding carboxylic acids is 3. The third kappa shape index (κ3) is 3.29. The lowest BCUT2D eigenvalue weighted by Gasteiger charge is -2.31. The van der Waals surface area contributed by atoms with E-state index < -0.39 is 11.7 Å². The number of hydrogen-bond donors (Lipinski definition) is 2. The summed E-state index contributed by atoms with van der Waals surface area (Å²) >= 11 is 0. The number of ketones is 1. The molecule has 0 aromatic heterocycles. The molecule has 1 saturated heterocycles. The minimum Gasteiger partial charge on any atom is -0.454 e. The summed E-state index contributed by atoms with van der Waals surface area (Å²) in [7, 11) is 0. The van der Waals surface area contributed by atoms with E-state index in [0.29, 0.717) is 35.1 Å². The molecule has 154 valence electrons.